The lowest BCUT2D eigenvalue weighted by Gasteiger charge is -2.20. The minimum Gasteiger partial charge on any atom is -0.481 e. The number of nitrogens with zero attached hydrogens (tertiary/aromatic N) is 1. The van der Waals surface area contributed by atoms with Crippen LogP contribution in [0, 0.1) is 0 Å². The monoisotopic (exact) mass is 494 g/mol. The average Bonchev–Trinajstić information content (AvgIpc) is 3.10. The number of rotatable bonds is 8. The van der Waals surface area contributed by atoms with Crippen molar-refractivity contribution in [3.63, 3.8) is 0 Å². The minimum atomic E-state index is -0.906. The molecule has 0 spiro atoms. The summed E-state index contributed by atoms with van der Waals surface area (Å²) in [4.78, 5) is 27.8. The summed E-state index contributed by atoms with van der Waals surface area (Å²) in [6.07, 6.45) is 3.54. The number of carboxylic acids is 1. The molecule has 0 aliphatic heterocycles. The molecule has 3 aromatic rings. The highest BCUT2D eigenvalue weighted by molar-refractivity contribution is 9.10. The molecule has 1 aromatic heterocycles. The Kier molecular flexibility index (Phi) is 6.85. The molecule has 32 heavy (non-hydrogen) atoms. The number of carboxylic acid groups (broad SMARTS) is 1. The van der Waals surface area contributed by atoms with Crippen LogP contribution in [0.3, 0.4) is 0 Å². The third kappa shape index (κ3) is 5.16. The third-order valence-electron chi connectivity index (χ3n) is 5.62. The lowest BCUT2D eigenvalue weighted by molar-refractivity contribution is -0.137. The zero-order valence-electron chi connectivity index (χ0n) is 17.3. The Morgan fingerprint density at radius 1 is 1.06 bits per heavy atom. The number of aromatic nitrogens is 1. The molecule has 164 valence electrons. The number of nitrogens with one attached hydrogen (secondary N) is 1. The van der Waals surface area contributed by atoms with Gasteiger partial charge in [-0.25, -0.2) is 4.79 Å². The van der Waals surface area contributed by atoms with Crippen molar-refractivity contribution in [2.75, 3.05) is 6.61 Å². The molecule has 1 aliphatic carbocycles. The molecule has 1 atom stereocenters. The van der Waals surface area contributed by atoms with Crippen LogP contribution >= 0.6 is 15.9 Å². The molecule has 2 N–H and O–H groups in total. The van der Waals surface area contributed by atoms with Crippen LogP contribution in [0.2, 0.25) is 0 Å². The summed E-state index contributed by atoms with van der Waals surface area (Å²) in [6, 6.07) is 17.8. The third-order valence-corrected chi connectivity index (χ3v) is 6.05. The van der Waals surface area contributed by atoms with Crippen molar-refractivity contribution < 1.29 is 19.4 Å². The smallest absolute Gasteiger partial charge is 0.407 e. The molecule has 2 aromatic carbocycles. The van der Waals surface area contributed by atoms with Gasteiger partial charge in [-0.1, -0.05) is 48.5 Å². The first-order chi connectivity index (χ1) is 15.5. The van der Waals surface area contributed by atoms with Crippen LogP contribution in [-0.2, 0) is 16.0 Å². The molecule has 1 amide bonds. The summed E-state index contributed by atoms with van der Waals surface area (Å²) in [5, 5.41) is 11.9. The van der Waals surface area contributed by atoms with E-state index in [0.29, 0.717) is 12.8 Å². The van der Waals surface area contributed by atoms with E-state index in [2.05, 4.69) is 50.5 Å². The standard InChI is InChI=1S/C25H23BrN2O4/c26-17-11-16(13-27-14-17)12-18(9-10-24(29)30)28-25(31)32-15-23-21-7-3-1-5-19(21)20-6-2-4-8-22(20)23/h1-8,11,13-14,18,23H,9-10,12,15H2,(H,28,31)(H,29,30). The predicted octanol–water partition coefficient (Wildman–Crippen LogP) is 5.16. The van der Waals surface area contributed by atoms with E-state index in [9.17, 15) is 9.59 Å². The maximum absolute atomic E-state index is 12.6. The number of ether oxygens (including phenoxy) is 1. The number of halogens is 1. The van der Waals surface area contributed by atoms with Gasteiger partial charge < -0.3 is 15.2 Å². The first kappa shape index (κ1) is 22.0. The van der Waals surface area contributed by atoms with Gasteiger partial charge in [-0.05, 0) is 62.7 Å². The quantitative estimate of drug-likeness (QED) is 0.451. The molecule has 7 heteroatoms. The van der Waals surface area contributed by atoms with Crippen LogP contribution in [0.4, 0.5) is 4.79 Å². The topological polar surface area (TPSA) is 88.5 Å². The largest absolute Gasteiger partial charge is 0.481 e. The molecule has 1 unspecified atom stereocenters. The maximum atomic E-state index is 12.6. The van der Waals surface area contributed by atoms with Gasteiger partial charge in [0.1, 0.15) is 6.61 Å². The molecule has 0 radical (unpaired) electrons. The predicted molar refractivity (Wildman–Crippen MR) is 125 cm³/mol. The number of benzene rings is 2. The van der Waals surface area contributed by atoms with Crippen LogP contribution in [0.25, 0.3) is 11.1 Å². The zero-order valence-corrected chi connectivity index (χ0v) is 18.9. The van der Waals surface area contributed by atoms with Gasteiger partial charge in [-0.15, -0.1) is 0 Å². The molecule has 0 fully saturated rings. The number of hydrogen-bond acceptors (Lipinski definition) is 4. The second-order valence-corrected chi connectivity index (χ2v) is 8.73. The lowest BCUT2D eigenvalue weighted by Crippen LogP contribution is -2.37. The Labute approximate surface area is 194 Å². The Morgan fingerprint density at radius 2 is 1.72 bits per heavy atom. The summed E-state index contributed by atoms with van der Waals surface area (Å²) in [6.45, 7) is 0.212. The van der Waals surface area contributed by atoms with Crippen LogP contribution in [0.1, 0.15) is 35.4 Å². The highest BCUT2D eigenvalue weighted by atomic mass is 79.9. The van der Waals surface area contributed by atoms with Crippen LogP contribution in [0.5, 0.6) is 0 Å². The van der Waals surface area contributed by atoms with Crippen LogP contribution in [-0.4, -0.2) is 34.8 Å². The lowest BCUT2D eigenvalue weighted by atomic mass is 9.98. The number of hydrogen-bond donors (Lipinski definition) is 2. The number of carbonyl (C=O) groups is 2. The van der Waals surface area contributed by atoms with Gasteiger partial charge in [0.05, 0.1) is 0 Å². The zero-order chi connectivity index (χ0) is 22.5. The summed E-state index contributed by atoms with van der Waals surface area (Å²) in [5.74, 6) is -0.934. The highest BCUT2D eigenvalue weighted by Crippen LogP contribution is 2.44. The summed E-state index contributed by atoms with van der Waals surface area (Å²) in [5.41, 5.74) is 5.51. The molecular formula is C25H23BrN2O4. The van der Waals surface area contributed by atoms with Crippen molar-refractivity contribution in [1.29, 1.82) is 0 Å². The second kappa shape index (κ2) is 9.96. The van der Waals surface area contributed by atoms with Crippen molar-refractivity contribution in [3.05, 3.63) is 88.2 Å². The highest BCUT2D eigenvalue weighted by Gasteiger charge is 2.29. The Morgan fingerprint density at radius 3 is 2.34 bits per heavy atom. The Hall–Kier alpha value is -3.19. The van der Waals surface area contributed by atoms with Crippen molar-refractivity contribution >= 4 is 28.0 Å². The number of aliphatic carboxylic acids is 1. The van der Waals surface area contributed by atoms with Gasteiger partial charge in [-0.2, -0.15) is 0 Å². The molecule has 0 bridgehead atoms. The molecule has 6 nitrogen and oxygen atoms in total. The van der Waals surface area contributed by atoms with E-state index in [1.54, 1.807) is 12.4 Å². The number of carbonyl (C=O) groups excluding carboxylic acids is 1. The SMILES string of the molecule is O=C(O)CCC(Cc1cncc(Br)c1)NC(=O)OCC1c2ccccc2-c2ccccc21. The molecule has 1 aliphatic rings. The summed E-state index contributed by atoms with van der Waals surface area (Å²) >= 11 is 3.39. The van der Waals surface area contributed by atoms with E-state index in [1.807, 2.05) is 30.3 Å². The van der Waals surface area contributed by atoms with Crippen LogP contribution in [0.15, 0.2) is 71.5 Å². The summed E-state index contributed by atoms with van der Waals surface area (Å²) < 4.78 is 6.44. The number of pyridine rings is 1. The molecule has 0 saturated heterocycles. The number of alkyl carbamates (subject to hydrolysis) is 1. The van der Waals surface area contributed by atoms with E-state index in [1.165, 1.54) is 11.1 Å². The van der Waals surface area contributed by atoms with E-state index in [0.717, 1.165) is 21.2 Å². The molecule has 0 saturated carbocycles. The molecular weight excluding hydrogens is 472 g/mol. The molecule has 4 rings (SSSR count). The fourth-order valence-electron chi connectivity index (χ4n) is 4.18. The van der Waals surface area contributed by atoms with Crippen LogP contribution < -0.4 is 5.32 Å². The van der Waals surface area contributed by atoms with Gasteiger partial charge in [0, 0.05) is 35.2 Å². The fraction of sp³-hybridized carbons (Fsp3) is 0.240. The van der Waals surface area contributed by atoms with E-state index < -0.39 is 12.1 Å². The van der Waals surface area contributed by atoms with Gasteiger partial charge in [0.15, 0.2) is 0 Å². The Bertz CT molecular complexity index is 1090. The van der Waals surface area contributed by atoms with Crippen molar-refractivity contribution in [2.24, 2.45) is 0 Å². The van der Waals surface area contributed by atoms with E-state index >= 15 is 0 Å². The first-order valence-corrected chi connectivity index (χ1v) is 11.2. The van der Waals surface area contributed by atoms with Gasteiger partial charge >= 0.3 is 12.1 Å². The van der Waals surface area contributed by atoms with Crippen molar-refractivity contribution in [2.45, 2.75) is 31.2 Å². The Balaban J connectivity index is 1.42. The first-order valence-electron chi connectivity index (χ1n) is 10.4. The number of fused-ring (bicyclic) bond motifs is 3. The minimum absolute atomic E-state index is 0.0279. The summed E-state index contributed by atoms with van der Waals surface area (Å²) in [7, 11) is 0. The maximum Gasteiger partial charge on any atom is 0.407 e. The van der Waals surface area contributed by atoms with Gasteiger partial charge in [-0.3, -0.25) is 9.78 Å². The van der Waals surface area contributed by atoms with E-state index in [-0.39, 0.29) is 25.0 Å². The van der Waals surface area contributed by atoms with Crippen molar-refractivity contribution in [1.82, 2.24) is 10.3 Å². The van der Waals surface area contributed by atoms with Gasteiger partial charge in [0.2, 0.25) is 0 Å². The number of amides is 1. The normalized spacial score (nSPS) is 13.2. The molecule has 1 heterocycles. The average molecular weight is 495 g/mol. The van der Waals surface area contributed by atoms with Gasteiger partial charge in [0.25, 0.3) is 0 Å². The van der Waals surface area contributed by atoms with E-state index in [4.69, 9.17) is 9.84 Å². The van der Waals surface area contributed by atoms with Crippen molar-refractivity contribution in [3.8, 4) is 11.1 Å². The fourth-order valence-corrected chi connectivity index (χ4v) is 4.59. The second-order valence-electron chi connectivity index (χ2n) is 7.81.